The summed E-state index contributed by atoms with van der Waals surface area (Å²) in [5, 5.41) is 13.2. The first-order chi connectivity index (χ1) is 13.3. The highest BCUT2D eigenvalue weighted by atomic mass is 16.5. The van der Waals surface area contributed by atoms with Gasteiger partial charge in [-0.25, -0.2) is 0 Å². The fourth-order valence-electron chi connectivity index (χ4n) is 3.03. The highest BCUT2D eigenvalue weighted by molar-refractivity contribution is 5.76. The predicted octanol–water partition coefficient (Wildman–Crippen LogP) is 4.17. The van der Waals surface area contributed by atoms with Gasteiger partial charge in [-0.3, -0.25) is 4.79 Å². The van der Waals surface area contributed by atoms with Gasteiger partial charge < -0.3 is 19.9 Å². The highest BCUT2D eigenvalue weighted by Gasteiger charge is 2.15. The molecule has 0 radical (unpaired) electrons. The molecule has 2 N–H and O–H groups in total. The molecule has 28 heavy (non-hydrogen) atoms. The van der Waals surface area contributed by atoms with E-state index >= 15 is 0 Å². The summed E-state index contributed by atoms with van der Waals surface area (Å²) < 4.78 is 10.4. The number of aliphatic hydroxyl groups excluding tert-OH is 1. The molecule has 0 bridgehead atoms. The Morgan fingerprint density at radius 3 is 1.96 bits per heavy atom. The summed E-state index contributed by atoms with van der Waals surface area (Å²) in [5.41, 5.74) is 3.06. The van der Waals surface area contributed by atoms with Crippen LogP contribution in [0.15, 0.2) is 42.5 Å². The molecular weight excluding hydrogens is 354 g/mol. The van der Waals surface area contributed by atoms with Crippen LogP contribution in [0, 0.1) is 0 Å². The summed E-state index contributed by atoms with van der Waals surface area (Å²) in [6.07, 6.45) is -0.469. The molecule has 2 unspecified atom stereocenters. The average molecular weight is 386 g/mol. The molecule has 0 aliphatic carbocycles. The molecule has 2 aromatic carbocycles. The number of hydrogen-bond acceptors (Lipinski definition) is 4. The van der Waals surface area contributed by atoms with Crippen LogP contribution < -0.4 is 14.8 Å². The average Bonchev–Trinajstić information content (AvgIpc) is 2.71. The van der Waals surface area contributed by atoms with Gasteiger partial charge >= 0.3 is 0 Å². The Hall–Kier alpha value is -2.53. The zero-order valence-electron chi connectivity index (χ0n) is 17.4. The van der Waals surface area contributed by atoms with Crippen molar-refractivity contribution in [1.29, 1.82) is 0 Å². The molecule has 5 heteroatoms. The van der Waals surface area contributed by atoms with Gasteiger partial charge in [0, 0.05) is 19.0 Å². The van der Waals surface area contributed by atoms with E-state index in [9.17, 15) is 9.90 Å². The van der Waals surface area contributed by atoms with Crippen LogP contribution in [0.25, 0.3) is 0 Å². The summed E-state index contributed by atoms with van der Waals surface area (Å²) in [6, 6.07) is 13.6. The van der Waals surface area contributed by atoms with Gasteiger partial charge in [-0.05, 0) is 40.7 Å². The van der Waals surface area contributed by atoms with Crippen molar-refractivity contribution in [3.63, 3.8) is 0 Å². The van der Waals surface area contributed by atoms with Gasteiger partial charge in [-0.1, -0.05) is 45.0 Å². The number of rotatable bonds is 9. The van der Waals surface area contributed by atoms with E-state index in [-0.39, 0.29) is 18.4 Å². The minimum atomic E-state index is -0.839. The van der Waals surface area contributed by atoms with Crippen molar-refractivity contribution in [2.24, 2.45) is 0 Å². The second-order valence-electron chi connectivity index (χ2n) is 7.39. The van der Waals surface area contributed by atoms with E-state index in [4.69, 9.17) is 9.47 Å². The Kier molecular flexibility index (Phi) is 7.88. The molecular formula is C23H31NO4. The molecule has 2 atom stereocenters. The second-order valence-corrected chi connectivity index (χ2v) is 7.39. The van der Waals surface area contributed by atoms with Crippen molar-refractivity contribution in [3.05, 3.63) is 59.2 Å². The quantitative estimate of drug-likeness (QED) is 0.680. The van der Waals surface area contributed by atoms with Gasteiger partial charge in [-0.15, -0.1) is 0 Å². The minimum Gasteiger partial charge on any atom is -0.497 e. The molecule has 0 heterocycles. The van der Waals surface area contributed by atoms with E-state index < -0.39 is 6.10 Å². The molecule has 0 spiro atoms. The fraction of sp³-hybridized carbons (Fsp3) is 0.435. The van der Waals surface area contributed by atoms with E-state index in [1.807, 2.05) is 6.92 Å². The van der Waals surface area contributed by atoms with Crippen LogP contribution in [0.1, 0.15) is 61.8 Å². The van der Waals surface area contributed by atoms with E-state index in [1.54, 1.807) is 32.4 Å². The normalized spacial score (nSPS) is 13.1. The van der Waals surface area contributed by atoms with Gasteiger partial charge in [0.25, 0.3) is 0 Å². The lowest BCUT2D eigenvalue weighted by atomic mass is 9.94. The largest absolute Gasteiger partial charge is 0.497 e. The number of carbonyl (C=O) groups is 1. The third kappa shape index (κ3) is 5.99. The van der Waals surface area contributed by atoms with Gasteiger partial charge in [0.1, 0.15) is 11.5 Å². The third-order valence-electron chi connectivity index (χ3n) is 4.91. The molecule has 152 valence electrons. The molecule has 5 nitrogen and oxygen atoms in total. The Bertz CT molecular complexity index is 748. The maximum atomic E-state index is 12.3. The lowest BCUT2D eigenvalue weighted by molar-refractivity contribution is -0.121. The minimum absolute atomic E-state index is 0.0886. The van der Waals surface area contributed by atoms with Crippen LogP contribution >= 0.6 is 0 Å². The van der Waals surface area contributed by atoms with Gasteiger partial charge in [-0.2, -0.15) is 0 Å². The summed E-state index contributed by atoms with van der Waals surface area (Å²) in [6.45, 7) is 6.49. The first-order valence-corrected chi connectivity index (χ1v) is 9.61. The number of amides is 1. The zero-order chi connectivity index (χ0) is 20.7. The van der Waals surface area contributed by atoms with E-state index in [1.165, 1.54) is 5.56 Å². The Morgan fingerprint density at radius 1 is 0.929 bits per heavy atom. The van der Waals surface area contributed by atoms with Gasteiger partial charge in [0.15, 0.2) is 0 Å². The Labute approximate surface area is 167 Å². The summed E-state index contributed by atoms with van der Waals surface area (Å²) >= 11 is 0. The van der Waals surface area contributed by atoms with Crippen LogP contribution in [-0.2, 0) is 4.79 Å². The summed E-state index contributed by atoms with van der Waals surface area (Å²) in [4.78, 5) is 12.3. The number of methoxy groups -OCH3 is 2. The molecule has 0 aliphatic rings. The summed E-state index contributed by atoms with van der Waals surface area (Å²) in [7, 11) is 3.11. The number of benzene rings is 2. The first-order valence-electron chi connectivity index (χ1n) is 9.61. The predicted molar refractivity (Wildman–Crippen MR) is 111 cm³/mol. The standard InChI is InChI=1S/C23H31NO4/c1-15(2)17-6-8-18(9-7-17)16(3)10-23(26)24-14-22(25)19-11-20(27-4)13-21(12-19)28-5/h6-9,11-13,15-16,22,25H,10,14H2,1-5H3,(H,24,26). The van der Waals surface area contributed by atoms with Crippen molar-refractivity contribution in [1.82, 2.24) is 5.32 Å². The number of carbonyl (C=O) groups excluding carboxylic acids is 1. The van der Waals surface area contributed by atoms with Crippen LogP contribution in [-0.4, -0.2) is 31.8 Å². The zero-order valence-corrected chi connectivity index (χ0v) is 17.4. The molecule has 0 fully saturated rings. The number of nitrogens with one attached hydrogen (secondary N) is 1. The third-order valence-corrected chi connectivity index (χ3v) is 4.91. The summed E-state index contributed by atoms with van der Waals surface area (Å²) in [5.74, 6) is 1.70. The maximum Gasteiger partial charge on any atom is 0.220 e. The number of hydrogen-bond donors (Lipinski definition) is 2. The molecule has 0 saturated carbocycles. The van der Waals surface area contributed by atoms with Gasteiger partial charge in [0.2, 0.25) is 5.91 Å². The van der Waals surface area contributed by atoms with Crippen molar-refractivity contribution in [2.75, 3.05) is 20.8 Å². The second kappa shape index (κ2) is 10.1. The lowest BCUT2D eigenvalue weighted by Crippen LogP contribution is -2.29. The van der Waals surface area contributed by atoms with Crippen LogP contribution in [0.5, 0.6) is 11.5 Å². The molecule has 0 aromatic heterocycles. The molecule has 2 rings (SSSR count). The SMILES string of the molecule is COc1cc(OC)cc(C(O)CNC(=O)CC(C)c2ccc(C(C)C)cc2)c1. The molecule has 2 aromatic rings. The lowest BCUT2D eigenvalue weighted by Gasteiger charge is -2.16. The fourth-order valence-corrected chi connectivity index (χ4v) is 3.03. The van der Waals surface area contributed by atoms with E-state index in [2.05, 4.69) is 43.4 Å². The smallest absolute Gasteiger partial charge is 0.220 e. The van der Waals surface area contributed by atoms with Crippen LogP contribution in [0.3, 0.4) is 0 Å². The van der Waals surface area contributed by atoms with Crippen molar-refractivity contribution in [3.8, 4) is 11.5 Å². The van der Waals surface area contributed by atoms with Crippen LogP contribution in [0.4, 0.5) is 0 Å². The molecule has 0 aliphatic heterocycles. The maximum absolute atomic E-state index is 12.3. The Balaban J connectivity index is 1.91. The van der Waals surface area contributed by atoms with E-state index in [0.717, 1.165) is 5.56 Å². The van der Waals surface area contributed by atoms with Gasteiger partial charge in [0.05, 0.1) is 20.3 Å². The van der Waals surface area contributed by atoms with E-state index in [0.29, 0.717) is 29.4 Å². The topological polar surface area (TPSA) is 67.8 Å². The first kappa shape index (κ1) is 21.8. The molecule has 0 saturated heterocycles. The highest BCUT2D eigenvalue weighted by Crippen LogP contribution is 2.26. The van der Waals surface area contributed by atoms with Crippen molar-refractivity contribution in [2.45, 2.75) is 45.1 Å². The molecule has 1 amide bonds. The monoisotopic (exact) mass is 385 g/mol. The van der Waals surface area contributed by atoms with Crippen molar-refractivity contribution < 1.29 is 19.4 Å². The number of ether oxygens (including phenoxy) is 2. The number of aliphatic hydroxyl groups is 1. The van der Waals surface area contributed by atoms with Crippen LogP contribution in [0.2, 0.25) is 0 Å². The van der Waals surface area contributed by atoms with Crippen molar-refractivity contribution >= 4 is 5.91 Å². The Morgan fingerprint density at radius 2 is 1.46 bits per heavy atom.